The fraction of sp³-hybridized carbons (Fsp3) is 0.375. The fourth-order valence-corrected chi connectivity index (χ4v) is 3.59. The summed E-state index contributed by atoms with van der Waals surface area (Å²) in [7, 11) is 0.0442. The van der Waals surface area contributed by atoms with Crippen LogP contribution in [0.25, 0.3) is 0 Å². The highest BCUT2D eigenvalue weighted by atomic mass is 32.2. The summed E-state index contributed by atoms with van der Waals surface area (Å²) in [5.74, 6) is 0.708. The van der Waals surface area contributed by atoms with Crippen LogP contribution in [-0.4, -0.2) is 42.1 Å². The van der Waals surface area contributed by atoms with Crippen LogP contribution in [0.4, 0.5) is 0 Å². The normalized spacial score (nSPS) is 11.7. The molecule has 0 spiro atoms. The molecule has 0 fully saturated rings. The van der Waals surface area contributed by atoms with E-state index < -0.39 is 26.2 Å². The molecule has 0 bridgehead atoms. The standard InChI is InChI=1S/C16H21N3O5S/c1-17-12-14(15(20)19(3)16(17)21)25(22,23)18(2)10-7-11-24-13-8-5-4-6-9-13/h4-6,8-9,12H,7,10-11H2,1-3H3. The zero-order valence-electron chi connectivity index (χ0n) is 14.4. The highest BCUT2D eigenvalue weighted by Gasteiger charge is 2.25. The predicted molar refractivity (Wildman–Crippen MR) is 93.3 cm³/mol. The molecule has 0 unspecified atom stereocenters. The molecule has 2 rings (SSSR count). The number of hydrogen-bond donors (Lipinski definition) is 0. The molecule has 1 aromatic carbocycles. The number of nitrogens with zero attached hydrogens (tertiary/aromatic N) is 3. The second kappa shape index (κ2) is 7.66. The molecule has 0 saturated heterocycles. The highest BCUT2D eigenvalue weighted by molar-refractivity contribution is 7.89. The van der Waals surface area contributed by atoms with Gasteiger partial charge in [-0.1, -0.05) is 18.2 Å². The maximum absolute atomic E-state index is 12.6. The molecule has 9 heteroatoms. The molecule has 0 radical (unpaired) electrons. The Bertz CT molecular complexity index is 948. The average molecular weight is 367 g/mol. The summed E-state index contributed by atoms with van der Waals surface area (Å²) in [5.41, 5.74) is -1.42. The summed E-state index contributed by atoms with van der Waals surface area (Å²) in [6.07, 6.45) is 1.51. The number of benzene rings is 1. The Morgan fingerprint density at radius 2 is 1.76 bits per heavy atom. The van der Waals surface area contributed by atoms with Crippen LogP contribution in [0.2, 0.25) is 0 Å². The molecule has 0 atom stereocenters. The van der Waals surface area contributed by atoms with Crippen molar-refractivity contribution in [3.05, 3.63) is 57.4 Å². The minimum atomic E-state index is -3.99. The molecule has 25 heavy (non-hydrogen) atoms. The van der Waals surface area contributed by atoms with E-state index in [-0.39, 0.29) is 6.54 Å². The van der Waals surface area contributed by atoms with Gasteiger partial charge < -0.3 is 9.30 Å². The molecule has 0 amide bonds. The zero-order valence-corrected chi connectivity index (χ0v) is 15.2. The third kappa shape index (κ3) is 4.18. The van der Waals surface area contributed by atoms with E-state index in [1.54, 1.807) is 0 Å². The Labute approximate surface area is 145 Å². The van der Waals surface area contributed by atoms with Crippen molar-refractivity contribution in [1.29, 1.82) is 0 Å². The minimum Gasteiger partial charge on any atom is -0.494 e. The van der Waals surface area contributed by atoms with Gasteiger partial charge in [-0.15, -0.1) is 0 Å². The van der Waals surface area contributed by atoms with E-state index in [2.05, 4.69) is 0 Å². The van der Waals surface area contributed by atoms with Crippen LogP contribution in [-0.2, 0) is 24.1 Å². The monoisotopic (exact) mass is 367 g/mol. The number of hydrogen-bond acceptors (Lipinski definition) is 5. The van der Waals surface area contributed by atoms with Crippen molar-refractivity contribution < 1.29 is 13.2 Å². The van der Waals surface area contributed by atoms with Crippen molar-refractivity contribution in [2.24, 2.45) is 14.1 Å². The summed E-state index contributed by atoms with van der Waals surface area (Å²) in [5, 5.41) is 0. The van der Waals surface area contributed by atoms with Gasteiger partial charge in [0.1, 0.15) is 5.75 Å². The van der Waals surface area contributed by atoms with Gasteiger partial charge in [0.05, 0.1) is 6.61 Å². The molecule has 0 aliphatic heterocycles. The van der Waals surface area contributed by atoms with E-state index in [0.717, 1.165) is 19.6 Å². The number of rotatable bonds is 7. The maximum atomic E-state index is 12.6. The van der Waals surface area contributed by atoms with Crippen LogP contribution < -0.4 is 16.0 Å². The van der Waals surface area contributed by atoms with E-state index in [1.807, 2.05) is 30.3 Å². The quantitative estimate of drug-likeness (QED) is 0.651. The Morgan fingerprint density at radius 3 is 2.40 bits per heavy atom. The third-order valence-electron chi connectivity index (χ3n) is 3.73. The lowest BCUT2D eigenvalue weighted by Crippen LogP contribution is -2.42. The van der Waals surface area contributed by atoms with Gasteiger partial charge in [-0.05, 0) is 18.6 Å². The van der Waals surface area contributed by atoms with Crippen molar-refractivity contribution in [2.45, 2.75) is 11.3 Å². The van der Waals surface area contributed by atoms with Crippen LogP contribution in [0.3, 0.4) is 0 Å². The first-order valence-corrected chi connectivity index (χ1v) is 9.10. The number of sulfonamides is 1. The van der Waals surface area contributed by atoms with Gasteiger partial charge in [-0.25, -0.2) is 17.5 Å². The molecule has 0 aliphatic rings. The first kappa shape index (κ1) is 18.9. The third-order valence-corrected chi connectivity index (χ3v) is 5.57. The lowest BCUT2D eigenvalue weighted by atomic mass is 10.3. The van der Waals surface area contributed by atoms with Crippen molar-refractivity contribution in [3.8, 4) is 5.75 Å². The number of aromatic nitrogens is 2. The highest BCUT2D eigenvalue weighted by Crippen LogP contribution is 2.11. The van der Waals surface area contributed by atoms with Gasteiger partial charge in [0.2, 0.25) is 10.0 Å². The van der Waals surface area contributed by atoms with Crippen molar-refractivity contribution in [2.75, 3.05) is 20.2 Å². The molecule has 8 nitrogen and oxygen atoms in total. The first-order valence-electron chi connectivity index (χ1n) is 7.66. The molecule has 0 aliphatic carbocycles. The van der Waals surface area contributed by atoms with Gasteiger partial charge in [0.15, 0.2) is 4.90 Å². The first-order chi connectivity index (χ1) is 11.7. The van der Waals surface area contributed by atoms with Gasteiger partial charge in [-0.2, -0.15) is 0 Å². The molecular formula is C16H21N3O5S. The Kier molecular flexibility index (Phi) is 5.81. The summed E-state index contributed by atoms with van der Waals surface area (Å²) in [4.78, 5) is 23.4. The van der Waals surface area contributed by atoms with Crippen LogP contribution >= 0.6 is 0 Å². The van der Waals surface area contributed by atoms with Gasteiger partial charge in [0, 0.05) is 33.9 Å². The zero-order chi connectivity index (χ0) is 18.6. The van der Waals surface area contributed by atoms with E-state index in [9.17, 15) is 18.0 Å². The van der Waals surface area contributed by atoms with Crippen LogP contribution in [0, 0.1) is 0 Å². The van der Waals surface area contributed by atoms with Crippen molar-refractivity contribution in [3.63, 3.8) is 0 Å². The second-order valence-electron chi connectivity index (χ2n) is 5.59. The summed E-state index contributed by atoms with van der Waals surface area (Å²) in [6, 6.07) is 9.20. The van der Waals surface area contributed by atoms with E-state index >= 15 is 0 Å². The fourth-order valence-electron chi connectivity index (χ4n) is 2.23. The lowest BCUT2D eigenvalue weighted by Gasteiger charge is -2.17. The number of ether oxygens (including phenoxy) is 1. The number of aryl methyl sites for hydroxylation is 1. The molecular weight excluding hydrogens is 346 g/mol. The largest absolute Gasteiger partial charge is 0.494 e. The van der Waals surface area contributed by atoms with Gasteiger partial charge in [-0.3, -0.25) is 9.36 Å². The van der Waals surface area contributed by atoms with Crippen LogP contribution in [0.1, 0.15) is 6.42 Å². The van der Waals surface area contributed by atoms with E-state index in [0.29, 0.717) is 18.8 Å². The van der Waals surface area contributed by atoms with Gasteiger partial charge >= 0.3 is 5.69 Å². The maximum Gasteiger partial charge on any atom is 0.330 e. The average Bonchev–Trinajstić information content (AvgIpc) is 2.60. The summed E-state index contributed by atoms with van der Waals surface area (Å²) < 4.78 is 33.6. The Morgan fingerprint density at radius 1 is 1.12 bits per heavy atom. The van der Waals surface area contributed by atoms with Crippen LogP contribution in [0.5, 0.6) is 5.75 Å². The molecule has 1 aromatic heterocycles. The molecule has 0 N–H and O–H groups in total. The summed E-state index contributed by atoms with van der Waals surface area (Å²) in [6.45, 7) is 0.524. The molecule has 0 saturated carbocycles. The molecule has 2 aromatic rings. The lowest BCUT2D eigenvalue weighted by molar-refractivity contribution is 0.296. The molecule has 1 heterocycles. The smallest absolute Gasteiger partial charge is 0.330 e. The van der Waals surface area contributed by atoms with E-state index in [1.165, 1.54) is 21.1 Å². The molecule has 136 valence electrons. The van der Waals surface area contributed by atoms with Crippen molar-refractivity contribution in [1.82, 2.24) is 13.4 Å². The van der Waals surface area contributed by atoms with E-state index in [4.69, 9.17) is 4.74 Å². The Hall–Kier alpha value is -2.39. The second-order valence-corrected chi connectivity index (χ2v) is 7.61. The van der Waals surface area contributed by atoms with Crippen LogP contribution in [0.15, 0.2) is 51.0 Å². The van der Waals surface area contributed by atoms with Crippen molar-refractivity contribution >= 4 is 10.0 Å². The summed E-state index contributed by atoms with van der Waals surface area (Å²) >= 11 is 0. The SMILES string of the molecule is CN(CCCOc1ccccc1)S(=O)(=O)c1cn(C)c(=O)n(C)c1=O. The van der Waals surface area contributed by atoms with Gasteiger partial charge in [0.25, 0.3) is 5.56 Å². The Balaban J connectivity index is 2.07. The number of para-hydroxylation sites is 1. The topological polar surface area (TPSA) is 90.6 Å². The minimum absolute atomic E-state index is 0.182. The predicted octanol–water partition coefficient (Wildman–Crippen LogP) is 0.174.